The van der Waals surface area contributed by atoms with Gasteiger partial charge in [-0.25, -0.2) is 0 Å². The molecule has 4 atom stereocenters. The molecule has 0 bridgehead atoms. The van der Waals surface area contributed by atoms with Crippen molar-refractivity contribution in [2.24, 2.45) is 11.8 Å². The van der Waals surface area contributed by atoms with Gasteiger partial charge >= 0.3 is 0 Å². The molecule has 2 saturated heterocycles. The van der Waals surface area contributed by atoms with Crippen molar-refractivity contribution in [1.29, 1.82) is 0 Å². The minimum Gasteiger partial charge on any atom is -0.340 e. The molecule has 0 spiro atoms. The second-order valence-corrected chi connectivity index (χ2v) is 9.33. The standard InChI is InChI=1S/C24H26ClN5O3/c1-13-6-7-18(17(25)10-13)26-22(32)16-11-19(31)27-21-20(16)23(33)29-24(28-21)30-9-8-14-4-2-3-5-15(14)12-30/h2-7,10,16,20-21,24,28H,8-9,11-12H2,1H3,(H,26,32)(H,27,31)(H,29,33). The fraction of sp³-hybridized carbons (Fsp3) is 0.375. The fourth-order valence-corrected chi connectivity index (χ4v) is 5.22. The molecule has 3 aliphatic rings. The summed E-state index contributed by atoms with van der Waals surface area (Å²) in [6.45, 7) is 3.37. The van der Waals surface area contributed by atoms with Gasteiger partial charge in [0.2, 0.25) is 17.7 Å². The first-order valence-corrected chi connectivity index (χ1v) is 11.5. The number of carbonyl (C=O) groups excluding carboxylic acids is 3. The first-order valence-electron chi connectivity index (χ1n) is 11.1. The molecule has 2 fully saturated rings. The molecule has 0 aliphatic carbocycles. The van der Waals surface area contributed by atoms with Crippen molar-refractivity contribution in [3.05, 3.63) is 64.2 Å². The lowest BCUT2D eigenvalue weighted by Crippen LogP contribution is -2.74. The van der Waals surface area contributed by atoms with Crippen molar-refractivity contribution in [1.82, 2.24) is 20.9 Å². The molecule has 3 heterocycles. The minimum atomic E-state index is -0.809. The van der Waals surface area contributed by atoms with E-state index in [9.17, 15) is 14.4 Å². The molecular formula is C24H26ClN5O3. The monoisotopic (exact) mass is 467 g/mol. The molecule has 8 nitrogen and oxygen atoms in total. The number of aryl methyl sites for hydroxylation is 1. The Morgan fingerprint density at radius 2 is 1.91 bits per heavy atom. The number of rotatable bonds is 3. The molecule has 5 rings (SSSR count). The first kappa shape index (κ1) is 21.9. The predicted octanol–water partition coefficient (Wildman–Crippen LogP) is 1.73. The van der Waals surface area contributed by atoms with E-state index in [-0.39, 0.29) is 18.2 Å². The van der Waals surface area contributed by atoms with Gasteiger partial charge < -0.3 is 16.0 Å². The lowest BCUT2D eigenvalue weighted by Gasteiger charge is -2.47. The smallest absolute Gasteiger partial charge is 0.229 e. The summed E-state index contributed by atoms with van der Waals surface area (Å²) in [6, 6.07) is 13.6. The van der Waals surface area contributed by atoms with Crippen molar-refractivity contribution in [2.45, 2.75) is 38.8 Å². The predicted molar refractivity (Wildman–Crippen MR) is 124 cm³/mol. The summed E-state index contributed by atoms with van der Waals surface area (Å²) in [5, 5.41) is 12.4. The maximum atomic E-state index is 13.2. The van der Waals surface area contributed by atoms with Crippen LogP contribution in [0.1, 0.15) is 23.1 Å². The van der Waals surface area contributed by atoms with Crippen LogP contribution in [0.25, 0.3) is 0 Å². The maximum absolute atomic E-state index is 13.2. The number of fused-ring (bicyclic) bond motifs is 2. The third-order valence-corrected chi connectivity index (χ3v) is 6.99. The Labute approximate surface area is 197 Å². The van der Waals surface area contributed by atoms with Gasteiger partial charge in [0, 0.05) is 19.5 Å². The topological polar surface area (TPSA) is 103 Å². The van der Waals surface area contributed by atoms with Gasteiger partial charge in [-0.15, -0.1) is 0 Å². The maximum Gasteiger partial charge on any atom is 0.229 e. The molecule has 9 heteroatoms. The van der Waals surface area contributed by atoms with E-state index in [1.54, 1.807) is 12.1 Å². The number of anilines is 1. The van der Waals surface area contributed by atoms with E-state index in [0.717, 1.165) is 18.5 Å². The molecule has 4 unspecified atom stereocenters. The van der Waals surface area contributed by atoms with Gasteiger partial charge in [-0.3, -0.25) is 24.6 Å². The second-order valence-electron chi connectivity index (χ2n) is 8.92. The Kier molecular flexibility index (Phi) is 5.82. The lowest BCUT2D eigenvalue weighted by molar-refractivity contribution is -0.147. The summed E-state index contributed by atoms with van der Waals surface area (Å²) >= 11 is 6.26. The molecule has 0 radical (unpaired) electrons. The van der Waals surface area contributed by atoms with Crippen molar-refractivity contribution in [2.75, 3.05) is 11.9 Å². The average Bonchev–Trinajstić information content (AvgIpc) is 2.79. The number of piperidine rings is 1. The zero-order chi connectivity index (χ0) is 23.1. The third-order valence-electron chi connectivity index (χ3n) is 6.68. The second kappa shape index (κ2) is 8.78. The SMILES string of the molecule is Cc1ccc(NC(=O)C2CC(=O)NC3NC(N4CCc5ccccc5C4)NC(=O)C32)c(Cl)c1. The van der Waals surface area contributed by atoms with E-state index < -0.39 is 30.2 Å². The quantitative estimate of drug-likeness (QED) is 0.550. The normalized spacial score (nSPS) is 27.1. The average molecular weight is 468 g/mol. The first-order chi connectivity index (χ1) is 15.9. The zero-order valence-corrected chi connectivity index (χ0v) is 19.0. The van der Waals surface area contributed by atoms with Crippen LogP contribution in [0.5, 0.6) is 0 Å². The number of benzene rings is 2. The molecule has 3 aliphatic heterocycles. The number of amides is 3. The Balaban J connectivity index is 1.32. The largest absolute Gasteiger partial charge is 0.340 e. The Morgan fingerprint density at radius 1 is 1.12 bits per heavy atom. The number of nitrogens with one attached hydrogen (secondary N) is 4. The molecule has 172 valence electrons. The summed E-state index contributed by atoms with van der Waals surface area (Å²) in [5.41, 5.74) is 3.97. The van der Waals surface area contributed by atoms with Crippen molar-refractivity contribution in [3.63, 3.8) is 0 Å². The van der Waals surface area contributed by atoms with Gasteiger partial charge in [0.1, 0.15) is 6.29 Å². The number of halogens is 1. The van der Waals surface area contributed by atoms with Crippen molar-refractivity contribution < 1.29 is 14.4 Å². The van der Waals surface area contributed by atoms with Crippen LogP contribution in [0.4, 0.5) is 5.69 Å². The highest BCUT2D eigenvalue weighted by molar-refractivity contribution is 6.33. The number of nitrogens with zero attached hydrogens (tertiary/aromatic N) is 1. The Bertz CT molecular complexity index is 1120. The molecule has 0 saturated carbocycles. The number of hydrogen-bond acceptors (Lipinski definition) is 5. The number of hydrogen-bond donors (Lipinski definition) is 4. The summed E-state index contributed by atoms with van der Waals surface area (Å²) in [6.07, 6.45) is -0.243. The minimum absolute atomic E-state index is 0.0622. The van der Waals surface area contributed by atoms with Gasteiger partial charge in [0.25, 0.3) is 0 Å². The zero-order valence-electron chi connectivity index (χ0n) is 18.2. The van der Waals surface area contributed by atoms with E-state index in [2.05, 4.69) is 38.3 Å². The number of carbonyl (C=O) groups is 3. The van der Waals surface area contributed by atoms with E-state index in [4.69, 9.17) is 11.6 Å². The van der Waals surface area contributed by atoms with Crippen LogP contribution in [0.3, 0.4) is 0 Å². The van der Waals surface area contributed by atoms with Gasteiger partial charge in [0.05, 0.1) is 28.7 Å². The van der Waals surface area contributed by atoms with Gasteiger partial charge in [-0.1, -0.05) is 41.9 Å². The molecule has 0 aromatic heterocycles. The Morgan fingerprint density at radius 3 is 2.70 bits per heavy atom. The van der Waals surface area contributed by atoms with Crippen molar-refractivity contribution >= 4 is 35.0 Å². The summed E-state index contributed by atoms with van der Waals surface area (Å²) < 4.78 is 0. The summed E-state index contributed by atoms with van der Waals surface area (Å²) in [5.74, 6) is -2.45. The Hall–Kier alpha value is -2.94. The highest BCUT2D eigenvalue weighted by atomic mass is 35.5. The third kappa shape index (κ3) is 4.34. The summed E-state index contributed by atoms with van der Waals surface area (Å²) in [4.78, 5) is 40.9. The summed E-state index contributed by atoms with van der Waals surface area (Å²) in [7, 11) is 0. The molecular weight excluding hydrogens is 442 g/mol. The van der Waals surface area contributed by atoms with E-state index >= 15 is 0 Å². The molecule has 2 aromatic rings. The van der Waals surface area contributed by atoms with Gasteiger partial charge in [-0.05, 0) is 42.2 Å². The highest BCUT2D eigenvalue weighted by Crippen LogP contribution is 2.30. The van der Waals surface area contributed by atoms with E-state index in [0.29, 0.717) is 17.3 Å². The highest BCUT2D eigenvalue weighted by Gasteiger charge is 2.49. The van der Waals surface area contributed by atoms with E-state index in [1.165, 1.54) is 11.1 Å². The van der Waals surface area contributed by atoms with Crippen LogP contribution < -0.4 is 21.3 Å². The van der Waals surface area contributed by atoms with Crippen LogP contribution in [0, 0.1) is 18.8 Å². The molecule has 3 amide bonds. The fourth-order valence-electron chi connectivity index (χ4n) is 4.94. The van der Waals surface area contributed by atoms with Crippen LogP contribution >= 0.6 is 11.6 Å². The lowest BCUT2D eigenvalue weighted by atomic mass is 9.81. The van der Waals surface area contributed by atoms with Crippen LogP contribution in [-0.4, -0.2) is 41.6 Å². The van der Waals surface area contributed by atoms with Crippen LogP contribution in [0.2, 0.25) is 5.02 Å². The van der Waals surface area contributed by atoms with Gasteiger partial charge in [0.15, 0.2) is 0 Å². The van der Waals surface area contributed by atoms with E-state index in [1.807, 2.05) is 25.1 Å². The molecule has 33 heavy (non-hydrogen) atoms. The van der Waals surface area contributed by atoms with Gasteiger partial charge in [-0.2, -0.15) is 0 Å². The molecule has 4 N–H and O–H groups in total. The van der Waals surface area contributed by atoms with Crippen LogP contribution in [0.15, 0.2) is 42.5 Å². The molecule has 2 aromatic carbocycles. The van der Waals surface area contributed by atoms with Crippen LogP contribution in [-0.2, 0) is 27.3 Å². The van der Waals surface area contributed by atoms with Crippen molar-refractivity contribution in [3.8, 4) is 0 Å².